The number of amides is 1. The van der Waals surface area contributed by atoms with Crippen LogP contribution in [0.25, 0.3) is 0 Å². The molecule has 0 fully saturated rings. The zero-order chi connectivity index (χ0) is 18.7. The number of benzene rings is 1. The number of hydrogen-bond donors (Lipinski definition) is 2. The van der Waals surface area contributed by atoms with Crippen molar-refractivity contribution in [3.8, 4) is 0 Å². The van der Waals surface area contributed by atoms with Crippen LogP contribution >= 0.6 is 24.0 Å². The zero-order valence-corrected chi connectivity index (χ0v) is 17.9. The number of carbonyl (C=O) groups excluding carboxylic acids is 1. The van der Waals surface area contributed by atoms with E-state index in [-0.39, 0.29) is 42.1 Å². The van der Waals surface area contributed by atoms with E-state index in [1.165, 1.54) is 17.0 Å². The SMILES string of the molecule is CCCCCNC(=NCc1ccc([N+](=O)[O-])cc1)NCC(=O)N(C)C.I. The molecule has 0 bridgehead atoms. The minimum absolute atomic E-state index is 0. The Morgan fingerprint density at radius 3 is 2.38 bits per heavy atom. The Morgan fingerprint density at radius 2 is 1.85 bits per heavy atom. The lowest BCUT2D eigenvalue weighted by Crippen LogP contribution is -2.43. The van der Waals surface area contributed by atoms with Crippen molar-refractivity contribution in [2.24, 2.45) is 4.99 Å². The molecule has 146 valence electrons. The van der Waals surface area contributed by atoms with Crippen LogP contribution in [0.2, 0.25) is 0 Å². The van der Waals surface area contributed by atoms with Gasteiger partial charge < -0.3 is 15.5 Å². The van der Waals surface area contributed by atoms with Gasteiger partial charge >= 0.3 is 0 Å². The number of non-ortho nitro benzene ring substituents is 1. The van der Waals surface area contributed by atoms with E-state index in [9.17, 15) is 14.9 Å². The molecule has 8 nitrogen and oxygen atoms in total. The van der Waals surface area contributed by atoms with Gasteiger partial charge in [0.25, 0.3) is 5.69 Å². The summed E-state index contributed by atoms with van der Waals surface area (Å²) in [6.07, 6.45) is 3.28. The van der Waals surface area contributed by atoms with Crippen LogP contribution in [0.15, 0.2) is 29.3 Å². The molecule has 0 heterocycles. The number of guanidine groups is 1. The number of rotatable bonds is 9. The third-order valence-corrected chi connectivity index (χ3v) is 3.55. The number of carbonyl (C=O) groups is 1. The predicted octanol–water partition coefficient (Wildman–Crippen LogP) is 2.53. The molecule has 1 amide bonds. The highest BCUT2D eigenvalue weighted by Crippen LogP contribution is 2.12. The Morgan fingerprint density at radius 1 is 1.19 bits per heavy atom. The molecule has 0 aromatic heterocycles. The summed E-state index contributed by atoms with van der Waals surface area (Å²) in [7, 11) is 3.40. The first-order chi connectivity index (χ1) is 11.9. The summed E-state index contributed by atoms with van der Waals surface area (Å²) in [5.74, 6) is 0.517. The molecule has 2 N–H and O–H groups in total. The third kappa shape index (κ3) is 9.54. The van der Waals surface area contributed by atoms with Crippen molar-refractivity contribution < 1.29 is 9.72 Å². The molecule has 9 heteroatoms. The Hall–Kier alpha value is -1.91. The molecule has 26 heavy (non-hydrogen) atoms. The molecule has 0 atom stereocenters. The second-order valence-electron chi connectivity index (χ2n) is 5.86. The molecule has 0 radical (unpaired) electrons. The summed E-state index contributed by atoms with van der Waals surface area (Å²) in [5, 5.41) is 16.9. The van der Waals surface area contributed by atoms with Gasteiger partial charge in [0.2, 0.25) is 5.91 Å². The summed E-state index contributed by atoms with van der Waals surface area (Å²) in [6, 6.07) is 6.28. The van der Waals surface area contributed by atoms with Gasteiger partial charge in [0.15, 0.2) is 5.96 Å². The Labute approximate surface area is 171 Å². The molecular weight excluding hydrogens is 449 g/mol. The topological polar surface area (TPSA) is 99.9 Å². The van der Waals surface area contributed by atoms with Gasteiger partial charge in [-0.3, -0.25) is 14.9 Å². The lowest BCUT2D eigenvalue weighted by Gasteiger charge is -2.15. The molecular formula is C17H28IN5O3. The first kappa shape index (κ1) is 24.1. The first-order valence-corrected chi connectivity index (χ1v) is 8.39. The lowest BCUT2D eigenvalue weighted by molar-refractivity contribution is -0.384. The van der Waals surface area contributed by atoms with Crippen LogP contribution in [0, 0.1) is 10.1 Å². The third-order valence-electron chi connectivity index (χ3n) is 3.55. The Balaban J connectivity index is 0.00000625. The van der Waals surface area contributed by atoms with E-state index >= 15 is 0 Å². The minimum Gasteiger partial charge on any atom is -0.356 e. The number of aliphatic imine (C=N–C) groups is 1. The van der Waals surface area contributed by atoms with Crippen LogP contribution in [0.5, 0.6) is 0 Å². The van der Waals surface area contributed by atoms with Crippen molar-refractivity contribution >= 4 is 41.5 Å². The molecule has 1 rings (SSSR count). The zero-order valence-electron chi connectivity index (χ0n) is 15.5. The molecule has 0 aliphatic rings. The summed E-state index contributed by atoms with van der Waals surface area (Å²) >= 11 is 0. The lowest BCUT2D eigenvalue weighted by atomic mass is 10.2. The van der Waals surface area contributed by atoms with Gasteiger partial charge in [-0.25, -0.2) is 4.99 Å². The van der Waals surface area contributed by atoms with Crippen molar-refractivity contribution in [3.05, 3.63) is 39.9 Å². The van der Waals surface area contributed by atoms with Crippen molar-refractivity contribution in [1.29, 1.82) is 0 Å². The number of hydrogen-bond acceptors (Lipinski definition) is 4. The van der Waals surface area contributed by atoms with Gasteiger partial charge in [-0.05, 0) is 12.0 Å². The molecule has 0 unspecified atom stereocenters. The number of nitrogens with zero attached hydrogens (tertiary/aromatic N) is 3. The minimum atomic E-state index is -0.428. The number of halogens is 1. The fourth-order valence-electron chi connectivity index (χ4n) is 1.97. The molecule has 0 saturated heterocycles. The van der Waals surface area contributed by atoms with Crippen LogP contribution < -0.4 is 10.6 Å². The number of nitro groups is 1. The molecule has 0 saturated carbocycles. The van der Waals surface area contributed by atoms with Gasteiger partial charge in [-0.2, -0.15) is 0 Å². The average molecular weight is 477 g/mol. The number of unbranched alkanes of at least 4 members (excludes halogenated alkanes) is 2. The highest BCUT2D eigenvalue weighted by molar-refractivity contribution is 14.0. The second kappa shape index (κ2) is 13.3. The van der Waals surface area contributed by atoms with Crippen LogP contribution in [0.4, 0.5) is 5.69 Å². The van der Waals surface area contributed by atoms with E-state index in [1.54, 1.807) is 26.2 Å². The van der Waals surface area contributed by atoms with E-state index in [1.807, 2.05) is 0 Å². The summed E-state index contributed by atoms with van der Waals surface area (Å²) < 4.78 is 0. The smallest absolute Gasteiger partial charge is 0.269 e. The van der Waals surface area contributed by atoms with Gasteiger partial charge in [0, 0.05) is 32.8 Å². The summed E-state index contributed by atoms with van der Waals surface area (Å²) in [5.41, 5.74) is 0.916. The van der Waals surface area contributed by atoms with Crippen molar-refractivity contribution in [2.45, 2.75) is 32.7 Å². The standard InChI is InChI=1S/C17H27N5O3.HI/c1-4-5-6-11-18-17(20-13-16(23)21(2)3)19-12-14-7-9-15(10-8-14)22(24)25;/h7-10H,4-6,11-13H2,1-3H3,(H2,18,19,20);1H. The number of nitro benzene ring substituents is 1. The fraction of sp³-hybridized carbons (Fsp3) is 0.529. The number of nitrogens with one attached hydrogen (secondary N) is 2. The van der Waals surface area contributed by atoms with Gasteiger partial charge in [0.1, 0.15) is 0 Å². The normalized spacial score (nSPS) is 10.7. The average Bonchev–Trinajstić information content (AvgIpc) is 2.60. The highest BCUT2D eigenvalue weighted by Gasteiger charge is 2.07. The molecule has 1 aromatic carbocycles. The first-order valence-electron chi connectivity index (χ1n) is 8.39. The van der Waals surface area contributed by atoms with E-state index in [4.69, 9.17) is 0 Å². The summed E-state index contributed by atoms with van der Waals surface area (Å²) in [4.78, 5) is 27.9. The van der Waals surface area contributed by atoms with Crippen LogP contribution in [0.3, 0.4) is 0 Å². The van der Waals surface area contributed by atoms with Crippen molar-refractivity contribution in [1.82, 2.24) is 15.5 Å². The van der Waals surface area contributed by atoms with E-state index in [2.05, 4.69) is 22.5 Å². The van der Waals surface area contributed by atoms with E-state index in [0.29, 0.717) is 12.5 Å². The maximum atomic E-state index is 11.7. The monoisotopic (exact) mass is 477 g/mol. The van der Waals surface area contributed by atoms with Crippen molar-refractivity contribution in [3.63, 3.8) is 0 Å². The summed E-state index contributed by atoms with van der Waals surface area (Å²) in [6.45, 7) is 3.44. The van der Waals surface area contributed by atoms with Crippen molar-refractivity contribution in [2.75, 3.05) is 27.2 Å². The van der Waals surface area contributed by atoms with Gasteiger partial charge in [-0.1, -0.05) is 31.9 Å². The van der Waals surface area contributed by atoms with Crippen LogP contribution in [0.1, 0.15) is 31.7 Å². The van der Waals surface area contributed by atoms with Gasteiger partial charge in [0.05, 0.1) is 18.0 Å². The molecule has 0 aliphatic heterocycles. The largest absolute Gasteiger partial charge is 0.356 e. The quantitative estimate of drug-likeness (QED) is 0.142. The number of likely N-dealkylation sites (N-methyl/N-ethyl adjacent to an activating group) is 1. The second-order valence-corrected chi connectivity index (χ2v) is 5.86. The molecule has 1 aromatic rings. The molecule has 0 spiro atoms. The van der Waals surface area contributed by atoms with Gasteiger partial charge in [-0.15, -0.1) is 24.0 Å². The predicted molar refractivity (Wildman–Crippen MR) is 114 cm³/mol. The van der Waals surface area contributed by atoms with E-state index < -0.39 is 4.92 Å². The van der Waals surface area contributed by atoms with E-state index in [0.717, 1.165) is 31.4 Å². The molecule has 0 aliphatic carbocycles. The fourth-order valence-corrected chi connectivity index (χ4v) is 1.97. The van der Waals surface area contributed by atoms with Crippen LogP contribution in [-0.4, -0.2) is 48.9 Å². The maximum Gasteiger partial charge on any atom is 0.269 e. The maximum absolute atomic E-state index is 11.7. The highest BCUT2D eigenvalue weighted by atomic mass is 127. The van der Waals surface area contributed by atoms with Crippen LogP contribution in [-0.2, 0) is 11.3 Å². The Kier molecular flexibility index (Phi) is 12.3. The Bertz CT molecular complexity index is 591.